The van der Waals surface area contributed by atoms with Gasteiger partial charge in [0.2, 0.25) is 0 Å². The van der Waals surface area contributed by atoms with E-state index in [2.05, 4.69) is 10.6 Å². The summed E-state index contributed by atoms with van der Waals surface area (Å²) in [6.45, 7) is 1.51. The monoisotopic (exact) mass is 399 g/mol. The average Bonchev–Trinajstić information content (AvgIpc) is 3.18. The van der Waals surface area contributed by atoms with E-state index in [-0.39, 0.29) is 27.6 Å². The number of halogens is 1. The van der Waals surface area contributed by atoms with Crippen LogP contribution < -0.4 is 10.6 Å². The first-order valence-electron chi connectivity index (χ1n) is 8.06. The molecule has 0 aliphatic heterocycles. The van der Waals surface area contributed by atoms with E-state index in [1.54, 1.807) is 12.1 Å². The molecule has 2 aromatic carbocycles. The lowest BCUT2D eigenvalue weighted by Gasteiger charge is -2.11. The molecule has 0 spiro atoms. The molecule has 3 rings (SSSR count). The fourth-order valence-electron chi connectivity index (χ4n) is 2.55. The lowest BCUT2D eigenvalue weighted by atomic mass is 10.1. The maximum Gasteiger partial charge on any atom is 0.291 e. The highest BCUT2D eigenvalue weighted by molar-refractivity contribution is 6.34. The number of carbonyl (C=O) groups excluding carboxylic acids is 2. The van der Waals surface area contributed by atoms with Crippen molar-refractivity contribution in [2.75, 3.05) is 10.6 Å². The lowest BCUT2D eigenvalue weighted by molar-refractivity contribution is -0.385. The summed E-state index contributed by atoms with van der Waals surface area (Å²) in [5.41, 5.74) is 1.02. The van der Waals surface area contributed by atoms with Crippen molar-refractivity contribution in [3.8, 4) is 0 Å². The molecular formula is C19H14ClN3O5. The second-order valence-corrected chi connectivity index (χ2v) is 6.19. The summed E-state index contributed by atoms with van der Waals surface area (Å²) >= 11 is 6.18. The van der Waals surface area contributed by atoms with Crippen molar-refractivity contribution in [1.29, 1.82) is 0 Å². The highest BCUT2D eigenvalue weighted by Gasteiger charge is 2.18. The van der Waals surface area contributed by atoms with E-state index >= 15 is 0 Å². The fourth-order valence-corrected chi connectivity index (χ4v) is 2.78. The Morgan fingerprint density at radius 3 is 2.50 bits per heavy atom. The van der Waals surface area contributed by atoms with Crippen molar-refractivity contribution < 1.29 is 18.9 Å². The minimum atomic E-state index is -0.542. The van der Waals surface area contributed by atoms with Gasteiger partial charge < -0.3 is 15.1 Å². The molecule has 0 saturated carbocycles. The first kappa shape index (κ1) is 19.1. The third-order valence-corrected chi connectivity index (χ3v) is 4.28. The van der Waals surface area contributed by atoms with Gasteiger partial charge in [-0.3, -0.25) is 19.7 Å². The van der Waals surface area contributed by atoms with Gasteiger partial charge in [0.25, 0.3) is 17.5 Å². The second kappa shape index (κ2) is 7.93. The minimum absolute atomic E-state index is 0.134. The summed E-state index contributed by atoms with van der Waals surface area (Å²) in [5.74, 6) is -0.838. The van der Waals surface area contributed by atoms with Gasteiger partial charge >= 0.3 is 0 Å². The van der Waals surface area contributed by atoms with Crippen molar-refractivity contribution in [3.63, 3.8) is 0 Å². The molecule has 0 fully saturated rings. The van der Waals surface area contributed by atoms with Crippen molar-refractivity contribution >= 4 is 40.5 Å². The molecular weight excluding hydrogens is 386 g/mol. The Bertz CT molecular complexity index is 1060. The van der Waals surface area contributed by atoms with Crippen LogP contribution in [0.2, 0.25) is 5.02 Å². The third kappa shape index (κ3) is 4.02. The maximum atomic E-state index is 12.5. The molecule has 1 heterocycles. The van der Waals surface area contributed by atoms with Crippen LogP contribution in [0.1, 0.15) is 26.5 Å². The van der Waals surface area contributed by atoms with Crippen LogP contribution in [-0.4, -0.2) is 16.7 Å². The van der Waals surface area contributed by atoms with Gasteiger partial charge in [-0.2, -0.15) is 0 Å². The molecule has 0 unspecified atom stereocenters. The van der Waals surface area contributed by atoms with Crippen LogP contribution in [0.4, 0.5) is 17.1 Å². The summed E-state index contributed by atoms with van der Waals surface area (Å²) in [7, 11) is 0. The number of hydrogen-bond acceptors (Lipinski definition) is 5. The smallest absolute Gasteiger partial charge is 0.291 e. The number of nitrogens with one attached hydrogen (secondary N) is 2. The molecule has 0 atom stereocenters. The van der Waals surface area contributed by atoms with Gasteiger partial charge in [0.15, 0.2) is 5.76 Å². The molecule has 2 amide bonds. The second-order valence-electron chi connectivity index (χ2n) is 5.79. The number of rotatable bonds is 5. The minimum Gasteiger partial charge on any atom is -0.459 e. The summed E-state index contributed by atoms with van der Waals surface area (Å²) in [6, 6.07) is 11.9. The van der Waals surface area contributed by atoms with Crippen LogP contribution in [0.3, 0.4) is 0 Å². The number of nitro groups is 1. The van der Waals surface area contributed by atoms with Gasteiger partial charge in [-0.05, 0) is 43.3 Å². The summed E-state index contributed by atoms with van der Waals surface area (Å²) in [4.78, 5) is 35.0. The normalized spacial score (nSPS) is 10.4. The number of furan rings is 1. The maximum absolute atomic E-state index is 12.5. The zero-order chi connectivity index (χ0) is 20.3. The van der Waals surface area contributed by atoms with E-state index in [1.807, 2.05) is 0 Å². The van der Waals surface area contributed by atoms with Gasteiger partial charge in [0.05, 0.1) is 21.9 Å². The molecule has 142 valence electrons. The molecule has 3 aromatic rings. The Labute approximate surface area is 164 Å². The molecule has 2 N–H and O–H groups in total. The molecule has 1 aromatic heterocycles. The van der Waals surface area contributed by atoms with Gasteiger partial charge in [-0.1, -0.05) is 17.7 Å². The number of hydrogen-bond donors (Lipinski definition) is 2. The van der Waals surface area contributed by atoms with Gasteiger partial charge in [-0.25, -0.2) is 0 Å². The van der Waals surface area contributed by atoms with E-state index in [9.17, 15) is 19.7 Å². The first-order chi connectivity index (χ1) is 13.4. The zero-order valence-corrected chi connectivity index (χ0v) is 15.3. The molecule has 8 nitrogen and oxygen atoms in total. The molecule has 9 heteroatoms. The van der Waals surface area contributed by atoms with Crippen LogP contribution >= 0.6 is 11.6 Å². The van der Waals surface area contributed by atoms with Crippen LogP contribution in [0, 0.1) is 17.0 Å². The van der Waals surface area contributed by atoms with Crippen LogP contribution in [0.15, 0.2) is 59.2 Å². The Balaban J connectivity index is 1.76. The van der Waals surface area contributed by atoms with E-state index in [1.165, 1.54) is 49.6 Å². The summed E-state index contributed by atoms with van der Waals surface area (Å²) in [5, 5.41) is 16.5. The van der Waals surface area contributed by atoms with Gasteiger partial charge in [0.1, 0.15) is 0 Å². The number of nitrogens with zero attached hydrogens (tertiary/aromatic N) is 1. The predicted molar refractivity (Wildman–Crippen MR) is 104 cm³/mol. The van der Waals surface area contributed by atoms with Crippen LogP contribution in [0.5, 0.6) is 0 Å². The van der Waals surface area contributed by atoms with Crippen LogP contribution in [0.25, 0.3) is 0 Å². The number of nitro benzene ring substituents is 1. The Morgan fingerprint density at radius 1 is 1.07 bits per heavy atom. The number of carbonyl (C=O) groups is 2. The van der Waals surface area contributed by atoms with Crippen molar-refractivity contribution in [2.24, 2.45) is 0 Å². The summed E-state index contributed by atoms with van der Waals surface area (Å²) < 4.78 is 5.01. The Morgan fingerprint density at radius 2 is 1.86 bits per heavy atom. The number of anilines is 2. The molecule has 0 aliphatic rings. The highest BCUT2D eigenvalue weighted by atomic mass is 35.5. The Kier molecular flexibility index (Phi) is 5.42. The molecule has 28 heavy (non-hydrogen) atoms. The SMILES string of the molecule is Cc1c(C(=O)Nc2ccc(NC(=O)c3ccco3)c(Cl)c2)cccc1[N+](=O)[O-]. The van der Waals surface area contributed by atoms with E-state index in [0.717, 1.165) is 0 Å². The first-order valence-corrected chi connectivity index (χ1v) is 8.44. The number of benzene rings is 2. The van der Waals surface area contributed by atoms with E-state index < -0.39 is 16.7 Å². The average molecular weight is 400 g/mol. The quantitative estimate of drug-likeness (QED) is 0.478. The lowest BCUT2D eigenvalue weighted by Crippen LogP contribution is -2.15. The van der Waals surface area contributed by atoms with E-state index in [0.29, 0.717) is 11.4 Å². The molecule has 0 saturated heterocycles. The third-order valence-electron chi connectivity index (χ3n) is 3.97. The van der Waals surface area contributed by atoms with Crippen molar-refractivity contribution in [1.82, 2.24) is 0 Å². The fraction of sp³-hybridized carbons (Fsp3) is 0.0526. The summed E-state index contributed by atoms with van der Waals surface area (Å²) in [6.07, 6.45) is 1.38. The van der Waals surface area contributed by atoms with Crippen LogP contribution in [-0.2, 0) is 0 Å². The standard InChI is InChI=1S/C19H14ClN3O5/c1-11-13(4-2-5-16(11)23(26)27)18(24)21-12-7-8-15(14(20)10-12)22-19(25)17-6-3-9-28-17/h2-10H,1H3,(H,21,24)(H,22,25). The Hall–Kier alpha value is -3.65. The highest BCUT2D eigenvalue weighted by Crippen LogP contribution is 2.27. The van der Waals surface area contributed by atoms with Crippen molar-refractivity contribution in [2.45, 2.75) is 6.92 Å². The molecule has 0 bridgehead atoms. The van der Waals surface area contributed by atoms with Gasteiger partial charge in [0, 0.05) is 22.9 Å². The topological polar surface area (TPSA) is 114 Å². The van der Waals surface area contributed by atoms with Gasteiger partial charge in [-0.15, -0.1) is 0 Å². The van der Waals surface area contributed by atoms with Crippen molar-refractivity contribution in [3.05, 3.63) is 86.8 Å². The predicted octanol–water partition coefficient (Wildman–Crippen LogP) is 4.65. The zero-order valence-electron chi connectivity index (χ0n) is 14.6. The largest absolute Gasteiger partial charge is 0.459 e. The molecule has 0 aliphatic carbocycles. The number of amides is 2. The molecule has 0 radical (unpaired) electrons. The van der Waals surface area contributed by atoms with E-state index in [4.69, 9.17) is 16.0 Å².